The number of aromatic nitrogens is 1. The molecule has 2 amide bonds. The predicted octanol–water partition coefficient (Wildman–Crippen LogP) is 1.25. The third-order valence-corrected chi connectivity index (χ3v) is 3.38. The predicted molar refractivity (Wildman–Crippen MR) is 81.1 cm³/mol. The molecule has 11 heteroatoms. The Kier molecular flexibility index (Phi) is 10.8. The van der Waals surface area contributed by atoms with E-state index in [2.05, 4.69) is 15.1 Å². The Hall–Kier alpha value is -1.85. The van der Waals surface area contributed by atoms with E-state index in [0.29, 0.717) is 6.04 Å². The first kappa shape index (κ1) is 20.1. The number of carbonyl (C=O) groups excluding carboxylic acids is 1. The van der Waals surface area contributed by atoms with Crippen molar-refractivity contribution in [3.63, 3.8) is 0 Å². The second-order valence-electron chi connectivity index (χ2n) is 4.22. The molecule has 1 aliphatic carbocycles. The van der Waals surface area contributed by atoms with Crippen LogP contribution in [0, 0.1) is 0 Å². The van der Waals surface area contributed by atoms with Gasteiger partial charge < -0.3 is 16.6 Å². The number of rotatable bonds is 1. The molecule has 5 N–H and O–H groups in total. The number of aromatic carboxylic acids is 1. The van der Waals surface area contributed by atoms with Crippen molar-refractivity contribution in [2.45, 2.75) is 38.1 Å². The molecular formula is C11H18N4O5S2. The van der Waals surface area contributed by atoms with Crippen LogP contribution in [0.4, 0.5) is 4.79 Å². The number of carboxylic acid groups (broad SMARTS) is 1. The fourth-order valence-corrected chi connectivity index (χ4v) is 2.20. The quantitative estimate of drug-likeness (QED) is 0.685. The standard InChI is InChI=1S/C6H13N.C4H3NO2S.CH2N2O3S/c7-6-4-2-1-3-5-6;6-4(7)3-1-8-2-5-3;2-1(4)3-7(5)6/h6H,1-5,7H2;1-2H,(H,6,7);(H2,2,4). The Morgan fingerprint density at radius 3 is 2.09 bits per heavy atom. The number of hydrogen-bond acceptors (Lipinski definition) is 7. The van der Waals surface area contributed by atoms with E-state index in [1.807, 2.05) is 0 Å². The maximum atomic E-state index is 10.0. The van der Waals surface area contributed by atoms with Gasteiger partial charge in [0.25, 0.3) is 0 Å². The van der Waals surface area contributed by atoms with Gasteiger partial charge in [-0.2, -0.15) is 8.42 Å². The number of primary amides is 1. The Balaban J connectivity index is 0.000000302. The van der Waals surface area contributed by atoms with E-state index in [0.717, 1.165) is 0 Å². The molecule has 1 heterocycles. The van der Waals surface area contributed by atoms with Crippen LogP contribution in [0.5, 0.6) is 0 Å². The lowest BCUT2D eigenvalue weighted by molar-refractivity contribution is 0.0691. The average Bonchev–Trinajstić information content (AvgIpc) is 2.93. The van der Waals surface area contributed by atoms with Gasteiger partial charge in [-0.3, -0.25) is 0 Å². The lowest BCUT2D eigenvalue weighted by Gasteiger charge is -2.15. The molecule has 0 bridgehead atoms. The van der Waals surface area contributed by atoms with Crippen molar-refractivity contribution in [2.24, 2.45) is 15.8 Å². The van der Waals surface area contributed by atoms with Crippen molar-refractivity contribution >= 4 is 33.8 Å². The summed E-state index contributed by atoms with van der Waals surface area (Å²) < 4.78 is 21.0. The molecule has 124 valence electrons. The molecule has 2 rings (SSSR count). The van der Waals surface area contributed by atoms with Gasteiger partial charge >= 0.3 is 22.5 Å². The molecule has 0 radical (unpaired) electrons. The molecular weight excluding hydrogens is 332 g/mol. The number of thiazole rings is 1. The first-order valence-corrected chi connectivity index (χ1v) is 8.28. The summed E-state index contributed by atoms with van der Waals surface area (Å²) in [6.07, 6.45) is 6.66. The minimum absolute atomic E-state index is 0.120. The number of urea groups is 1. The highest BCUT2D eigenvalue weighted by molar-refractivity contribution is 7.62. The van der Waals surface area contributed by atoms with Gasteiger partial charge in [0.1, 0.15) is 0 Å². The molecule has 0 aromatic carbocycles. The van der Waals surface area contributed by atoms with Gasteiger partial charge in [0, 0.05) is 11.4 Å². The summed E-state index contributed by atoms with van der Waals surface area (Å²) >= 11 is 1.28. The average molecular weight is 350 g/mol. The van der Waals surface area contributed by atoms with Crippen LogP contribution >= 0.6 is 11.3 Å². The smallest absolute Gasteiger partial charge is 0.355 e. The van der Waals surface area contributed by atoms with Crippen molar-refractivity contribution < 1.29 is 23.1 Å². The second-order valence-corrected chi connectivity index (χ2v) is 5.56. The van der Waals surface area contributed by atoms with Crippen LogP contribution in [0.15, 0.2) is 15.3 Å². The van der Waals surface area contributed by atoms with Crippen molar-refractivity contribution in [1.82, 2.24) is 4.98 Å². The van der Waals surface area contributed by atoms with Crippen LogP contribution in [-0.4, -0.2) is 36.6 Å². The van der Waals surface area contributed by atoms with Crippen LogP contribution < -0.4 is 11.5 Å². The van der Waals surface area contributed by atoms with Crippen LogP contribution in [0.2, 0.25) is 0 Å². The van der Waals surface area contributed by atoms with Crippen LogP contribution in [0.1, 0.15) is 42.6 Å². The molecule has 0 saturated heterocycles. The lowest BCUT2D eigenvalue weighted by Crippen LogP contribution is -2.22. The fourth-order valence-electron chi connectivity index (χ4n) is 1.53. The summed E-state index contributed by atoms with van der Waals surface area (Å²) in [4.78, 5) is 23.0. The van der Waals surface area contributed by atoms with Crippen LogP contribution in [-0.2, 0) is 10.5 Å². The monoisotopic (exact) mass is 350 g/mol. The number of carbonyl (C=O) groups is 2. The Bertz CT molecular complexity index is 572. The van der Waals surface area contributed by atoms with E-state index in [1.165, 1.54) is 54.3 Å². The third-order valence-electron chi connectivity index (χ3n) is 2.47. The molecule has 1 aromatic heterocycles. The van der Waals surface area contributed by atoms with E-state index >= 15 is 0 Å². The second kappa shape index (κ2) is 11.8. The molecule has 1 saturated carbocycles. The zero-order valence-corrected chi connectivity index (χ0v) is 13.3. The third kappa shape index (κ3) is 11.9. The summed E-state index contributed by atoms with van der Waals surface area (Å²) in [5, 5.41) is 9.71. The lowest BCUT2D eigenvalue weighted by atomic mass is 9.97. The SMILES string of the molecule is NC(=O)N=S(=O)=O.NC1CCCCC1.O=C(O)c1cscn1. The number of carboxylic acids is 1. The van der Waals surface area contributed by atoms with Gasteiger partial charge in [0.05, 0.1) is 5.51 Å². The number of nitrogens with two attached hydrogens (primary N) is 2. The van der Waals surface area contributed by atoms with E-state index < -0.39 is 22.5 Å². The molecule has 0 spiro atoms. The van der Waals surface area contributed by atoms with Crippen LogP contribution in [0.3, 0.4) is 0 Å². The van der Waals surface area contributed by atoms with Crippen molar-refractivity contribution in [2.75, 3.05) is 0 Å². The summed E-state index contributed by atoms with van der Waals surface area (Å²) in [5.41, 5.74) is 11.5. The maximum absolute atomic E-state index is 10.0. The molecule has 1 fully saturated rings. The number of nitrogens with zero attached hydrogens (tertiary/aromatic N) is 2. The molecule has 22 heavy (non-hydrogen) atoms. The number of amides is 2. The molecule has 1 aliphatic rings. The Labute approximate surface area is 133 Å². The van der Waals surface area contributed by atoms with Gasteiger partial charge in [-0.1, -0.05) is 23.6 Å². The van der Waals surface area contributed by atoms with E-state index in [-0.39, 0.29) is 5.69 Å². The van der Waals surface area contributed by atoms with E-state index in [1.54, 1.807) is 0 Å². The summed E-state index contributed by atoms with van der Waals surface area (Å²) in [7, 11) is -2.70. The highest BCUT2D eigenvalue weighted by Crippen LogP contribution is 2.14. The van der Waals surface area contributed by atoms with Gasteiger partial charge in [0.15, 0.2) is 5.69 Å². The van der Waals surface area contributed by atoms with E-state index in [4.69, 9.17) is 10.8 Å². The molecule has 0 aliphatic heterocycles. The van der Waals surface area contributed by atoms with E-state index in [9.17, 15) is 18.0 Å². The summed E-state index contributed by atoms with van der Waals surface area (Å²) in [5.74, 6) is -0.966. The zero-order valence-electron chi connectivity index (χ0n) is 11.7. The number of hydrogen-bond donors (Lipinski definition) is 3. The fraction of sp³-hybridized carbons (Fsp3) is 0.545. The van der Waals surface area contributed by atoms with Crippen molar-refractivity contribution in [1.29, 1.82) is 0 Å². The summed E-state index contributed by atoms with van der Waals surface area (Å²) in [6.45, 7) is 0. The largest absolute Gasteiger partial charge is 0.476 e. The van der Waals surface area contributed by atoms with Gasteiger partial charge in [0.2, 0.25) is 0 Å². The summed E-state index contributed by atoms with van der Waals surface area (Å²) in [6, 6.07) is -0.665. The first-order valence-electron chi connectivity index (χ1n) is 6.30. The van der Waals surface area contributed by atoms with Crippen LogP contribution in [0.25, 0.3) is 0 Å². The topological polar surface area (TPSA) is 166 Å². The van der Waals surface area contributed by atoms with Gasteiger partial charge in [-0.15, -0.1) is 11.3 Å². The highest BCUT2D eigenvalue weighted by Gasteiger charge is 2.06. The van der Waals surface area contributed by atoms with Crippen molar-refractivity contribution in [3.05, 3.63) is 16.6 Å². The Morgan fingerprint density at radius 1 is 1.32 bits per heavy atom. The zero-order chi connectivity index (χ0) is 17.0. The Morgan fingerprint density at radius 2 is 1.91 bits per heavy atom. The van der Waals surface area contributed by atoms with Gasteiger partial charge in [-0.25, -0.2) is 14.6 Å². The molecule has 0 unspecified atom stereocenters. The minimum atomic E-state index is -2.70. The molecule has 9 nitrogen and oxygen atoms in total. The highest BCUT2D eigenvalue weighted by atomic mass is 32.2. The van der Waals surface area contributed by atoms with Gasteiger partial charge in [-0.05, 0) is 12.8 Å². The molecule has 1 aromatic rings. The normalized spacial score (nSPS) is 13.7. The minimum Gasteiger partial charge on any atom is -0.476 e. The molecule has 0 atom stereocenters. The maximum Gasteiger partial charge on any atom is 0.355 e. The van der Waals surface area contributed by atoms with Crippen molar-refractivity contribution in [3.8, 4) is 0 Å². The first-order chi connectivity index (χ1) is 10.3.